The average Bonchev–Trinajstić information content (AvgIpc) is 2.96. The minimum atomic E-state index is -0.670. The van der Waals surface area contributed by atoms with Crippen molar-refractivity contribution in [1.82, 2.24) is 4.98 Å². The van der Waals surface area contributed by atoms with Crippen molar-refractivity contribution in [3.05, 3.63) is 58.3 Å². The minimum absolute atomic E-state index is 0.00276. The van der Waals surface area contributed by atoms with Crippen LogP contribution in [0.2, 0.25) is 0 Å². The number of ketones is 2. The highest BCUT2D eigenvalue weighted by atomic mass is 16.2. The molecule has 0 aliphatic heterocycles. The molecule has 2 aromatic rings. The van der Waals surface area contributed by atoms with Crippen LogP contribution < -0.4 is 5.32 Å². The van der Waals surface area contributed by atoms with Crippen LogP contribution in [0.3, 0.4) is 0 Å². The van der Waals surface area contributed by atoms with Crippen LogP contribution >= 0.6 is 0 Å². The van der Waals surface area contributed by atoms with Gasteiger partial charge in [-0.2, -0.15) is 5.26 Å². The summed E-state index contributed by atoms with van der Waals surface area (Å²) in [5, 5.41) is 12.0. The van der Waals surface area contributed by atoms with Gasteiger partial charge >= 0.3 is 0 Å². The molecule has 5 heteroatoms. The lowest BCUT2D eigenvalue weighted by atomic mass is 9.86. The van der Waals surface area contributed by atoms with E-state index in [1.54, 1.807) is 19.1 Å². The van der Waals surface area contributed by atoms with Crippen LogP contribution in [0, 0.1) is 42.9 Å². The van der Waals surface area contributed by atoms with Gasteiger partial charge in [-0.25, -0.2) is 4.98 Å². The molecule has 1 fully saturated rings. The Kier molecular flexibility index (Phi) is 6.10. The molecule has 1 aliphatic carbocycles. The van der Waals surface area contributed by atoms with Crippen molar-refractivity contribution in [3.63, 3.8) is 0 Å². The molecule has 1 aromatic heterocycles. The lowest BCUT2D eigenvalue weighted by molar-refractivity contribution is -0.124. The van der Waals surface area contributed by atoms with Crippen LogP contribution in [-0.4, -0.2) is 23.1 Å². The van der Waals surface area contributed by atoms with Gasteiger partial charge in [0, 0.05) is 30.6 Å². The molecule has 146 valence electrons. The van der Waals surface area contributed by atoms with Crippen molar-refractivity contribution in [2.24, 2.45) is 5.92 Å². The highest BCUT2D eigenvalue weighted by molar-refractivity contribution is 6.15. The molecule has 0 bridgehead atoms. The molecule has 2 atom stereocenters. The molecule has 0 spiro atoms. The summed E-state index contributed by atoms with van der Waals surface area (Å²) in [6, 6.07) is 9.35. The fraction of sp³-hybridized carbons (Fsp3) is 0.333. The van der Waals surface area contributed by atoms with Crippen LogP contribution in [0.15, 0.2) is 30.5 Å². The minimum Gasteiger partial charge on any atom is -0.370 e. The average molecular weight is 385 g/mol. The smallest absolute Gasteiger partial charge is 0.151 e. The topological polar surface area (TPSA) is 82.8 Å². The molecule has 2 unspecified atom stereocenters. The molecule has 0 radical (unpaired) electrons. The van der Waals surface area contributed by atoms with Gasteiger partial charge < -0.3 is 5.32 Å². The van der Waals surface area contributed by atoms with Crippen LogP contribution in [0.1, 0.15) is 53.5 Å². The van der Waals surface area contributed by atoms with E-state index in [1.165, 1.54) is 6.20 Å². The third-order valence-corrected chi connectivity index (χ3v) is 5.30. The maximum Gasteiger partial charge on any atom is 0.151 e. The van der Waals surface area contributed by atoms with E-state index in [4.69, 9.17) is 5.26 Å². The number of carbonyl (C=O) groups is 2. The number of rotatable bonds is 5. The first-order valence-corrected chi connectivity index (χ1v) is 9.65. The highest BCUT2D eigenvalue weighted by Gasteiger charge is 2.42. The van der Waals surface area contributed by atoms with Gasteiger partial charge in [0.2, 0.25) is 0 Å². The second-order valence-electron chi connectivity index (χ2n) is 7.36. The summed E-state index contributed by atoms with van der Waals surface area (Å²) in [6.07, 6.45) is 2.35. The fourth-order valence-electron chi connectivity index (χ4n) is 3.99. The number of pyridine rings is 1. The van der Waals surface area contributed by atoms with Gasteiger partial charge in [0.05, 0.1) is 5.56 Å². The molecular formula is C24H23N3O2. The Morgan fingerprint density at radius 3 is 2.48 bits per heavy atom. The van der Waals surface area contributed by atoms with Gasteiger partial charge in [-0.1, -0.05) is 5.92 Å². The number of anilines is 1. The zero-order valence-corrected chi connectivity index (χ0v) is 16.9. The molecule has 1 aromatic carbocycles. The highest BCUT2D eigenvalue weighted by Crippen LogP contribution is 2.37. The first kappa shape index (κ1) is 20.3. The van der Waals surface area contributed by atoms with E-state index in [9.17, 15) is 9.59 Å². The number of nitrogens with zero attached hydrogens (tertiary/aromatic N) is 2. The van der Waals surface area contributed by atoms with E-state index < -0.39 is 5.92 Å². The molecule has 5 nitrogen and oxygen atoms in total. The first-order valence-electron chi connectivity index (χ1n) is 9.65. The van der Waals surface area contributed by atoms with Gasteiger partial charge in [-0.05, 0) is 68.1 Å². The van der Waals surface area contributed by atoms with E-state index in [0.29, 0.717) is 24.3 Å². The Balaban J connectivity index is 1.69. The van der Waals surface area contributed by atoms with Gasteiger partial charge in [0.25, 0.3) is 0 Å². The van der Waals surface area contributed by atoms with E-state index in [1.807, 2.05) is 32.0 Å². The summed E-state index contributed by atoms with van der Waals surface area (Å²) in [5.74, 6) is 5.62. The number of hydrogen-bond donors (Lipinski definition) is 1. The zero-order valence-electron chi connectivity index (χ0n) is 16.9. The quantitative estimate of drug-likeness (QED) is 0.627. The Bertz CT molecular complexity index is 1030. The SMILES string of the molecule is CC#Cc1cc(C)c(C2C(=O)CC(CCNc3ccc(C#N)cn3)C2=O)c(C)c1. The van der Waals surface area contributed by atoms with Gasteiger partial charge in [-0.15, -0.1) is 5.92 Å². The summed E-state index contributed by atoms with van der Waals surface area (Å²) in [7, 11) is 0. The third kappa shape index (κ3) is 4.36. The predicted molar refractivity (Wildman–Crippen MR) is 111 cm³/mol. The number of carbonyl (C=O) groups excluding carboxylic acids is 2. The lowest BCUT2D eigenvalue weighted by Gasteiger charge is -2.16. The maximum absolute atomic E-state index is 13.0. The molecular weight excluding hydrogens is 362 g/mol. The number of nitriles is 1. The number of aryl methyl sites for hydroxylation is 2. The largest absolute Gasteiger partial charge is 0.370 e. The fourth-order valence-corrected chi connectivity index (χ4v) is 3.99. The Morgan fingerprint density at radius 2 is 1.90 bits per heavy atom. The van der Waals surface area contributed by atoms with Crippen LogP contribution in [0.4, 0.5) is 5.82 Å². The number of aromatic nitrogens is 1. The number of benzene rings is 1. The van der Waals surface area contributed by atoms with Gasteiger partial charge in [0.1, 0.15) is 23.6 Å². The maximum atomic E-state index is 13.0. The van der Waals surface area contributed by atoms with Gasteiger partial charge in [-0.3, -0.25) is 9.59 Å². The van der Waals surface area contributed by atoms with E-state index in [-0.39, 0.29) is 23.9 Å². The standard InChI is InChI=1S/C24H23N3O2/c1-4-5-17-10-15(2)22(16(3)11-17)23-20(28)12-19(24(23)29)8-9-26-21-7-6-18(13-25)14-27-21/h6-7,10-11,14,19,23H,8-9,12H2,1-3H3,(H,26,27). The second-order valence-corrected chi connectivity index (χ2v) is 7.36. The molecule has 29 heavy (non-hydrogen) atoms. The summed E-state index contributed by atoms with van der Waals surface area (Å²) >= 11 is 0. The van der Waals surface area contributed by atoms with Crippen molar-refractivity contribution in [3.8, 4) is 17.9 Å². The summed E-state index contributed by atoms with van der Waals surface area (Å²) in [4.78, 5) is 29.9. The van der Waals surface area contributed by atoms with Crippen molar-refractivity contribution in [2.45, 2.75) is 39.5 Å². The first-order chi connectivity index (χ1) is 13.9. The van der Waals surface area contributed by atoms with Crippen LogP contribution in [-0.2, 0) is 9.59 Å². The monoisotopic (exact) mass is 385 g/mol. The molecule has 1 saturated carbocycles. The van der Waals surface area contributed by atoms with Crippen LogP contribution in [0.25, 0.3) is 0 Å². The normalized spacial score (nSPS) is 18.1. The lowest BCUT2D eigenvalue weighted by Crippen LogP contribution is -2.19. The summed E-state index contributed by atoms with van der Waals surface area (Å²) in [5.41, 5.74) is 4.12. The number of Topliss-reactive ketones (excluding diaryl/α,β-unsaturated/α-hetero) is 2. The Morgan fingerprint density at radius 1 is 1.17 bits per heavy atom. The molecule has 0 saturated heterocycles. The van der Waals surface area contributed by atoms with E-state index >= 15 is 0 Å². The Labute approximate surface area is 171 Å². The number of hydrogen-bond acceptors (Lipinski definition) is 5. The molecule has 1 N–H and O–H groups in total. The van der Waals surface area contributed by atoms with Crippen molar-refractivity contribution in [2.75, 3.05) is 11.9 Å². The van der Waals surface area contributed by atoms with E-state index in [2.05, 4.69) is 22.1 Å². The van der Waals surface area contributed by atoms with E-state index in [0.717, 1.165) is 22.3 Å². The van der Waals surface area contributed by atoms with Crippen molar-refractivity contribution < 1.29 is 9.59 Å². The van der Waals surface area contributed by atoms with Gasteiger partial charge in [0.15, 0.2) is 5.78 Å². The molecule has 1 aliphatic rings. The summed E-state index contributed by atoms with van der Waals surface area (Å²) < 4.78 is 0. The predicted octanol–water partition coefficient (Wildman–Crippen LogP) is 3.69. The zero-order chi connectivity index (χ0) is 21.0. The van der Waals surface area contributed by atoms with Crippen molar-refractivity contribution >= 4 is 17.4 Å². The second kappa shape index (κ2) is 8.71. The summed E-state index contributed by atoms with van der Waals surface area (Å²) in [6.45, 7) is 6.21. The molecule has 0 amide bonds. The number of nitrogens with one attached hydrogen (secondary N) is 1. The molecule has 1 heterocycles. The third-order valence-electron chi connectivity index (χ3n) is 5.30. The molecule has 3 rings (SSSR count). The Hall–Kier alpha value is -3.44. The van der Waals surface area contributed by atoms with Crippen molar-refractivity contribution in [1.29, 1.82) is 5.26 Å². The van der Waals surface area contributed by atoms with Crippen LogP contribution in [0.5, 0.6) is 0 Å².